The Morgan fingerprint density at radius 3 is 2.41 bits per heavy atom. The first kappa shape index (κ1) is 20.4. The number of Topliss-reactive ketones (excluding diaryl/α,β-unsaturated/α-hetero) is 1. The number of methoxy groups -OCH3 is 1. The zero-order chi connectivity index (χ0) is 22.2. The number of hydrogen-bond donors (Lipinski definition) is 2. The molecule has 0 saturated carbocycles. The number of ether oxygens (including phenoxy) is 1. The van der Waals surface area contributed by atoms with Crippen LogP contribution in [0.1, 0.15) is 47.1 Å². The third kappa shape index (κ3) is 3.66. The highest BCUT2D eigenvalue weighted by molar-refractivity contribution is 6.01. The van der Waals surface area contributed by atoms with E-state index in [4.69, 9.17) is 4.74 Å². The monoisotopic (exact) mass is 424 g/mol. The summed E-state index contributed by atoms with van der Waals surface area (Å²) >= 11 is 0. The third-order valence-electron chi connectivity index (χ3n) is 6.64. The van der Waals surface area contributed by atoms with Gasteiger partial charge in [0.25, 0.3) is 0 Å². The number of anilines is 2. The van der Waals surface area contributed by atoms with E-state index in [1.54, 1.807) is 7.11 Å². The first-order chi connectivity index (χ1) is 15.5. The summed E-state index contributed by atoms with van der Waals surface area (Å²) in [4.78, 5) is 13.7. The number of nitrogens with one attached hydrogen (secondary N) is 2. The van der Waals surface area contributed by atoms with Crippen LogP contribution < -0.4 is 15.4 Å². The van der Waals surface area contributed by atoms with Gasteiger partial charge in [-0.05, 0) is 67.1 Å². The van der Waals surface area contributed by atoms with Crippen molar-refractivity contribution in [2.75, 3.05) is 17.7 Å². The molecule has 4 nitrogen and oxygen atoms in total. The molecule has 1 aliphatic carbocycles. The average Bonchev–Trinajstić information content (AvgIpc) is 2.97. The number of aryl methyl sites for hydroxylation is 2. The molecule has 2 N–H and O–H groups in total. The highest BCUT2D eigenvalue weighted by Crippen LogP contribution is 2.44. The minimum Gasteiger partial charge on any atom is -0.497 e. The predicted molar refractivity (Wildman–Crippen MR) is 129 cm³/mol. The largest absolute Gasteiger partial charge is 0.497 e. The van der Waals surface area contributed by atoms with Crippen LogP contribution in [-0.2, 0) is 4.79 Å². The van der Waals surface area contributed by atoms with Crippen LogP contribution in [0.3, 0.4) is 0 Å². The predicted octanol–water partition coefficient (Wildman–Crippen LogP) is 6.29. The van der Waals surface area contributed by atoms with Gasteiger partial charge in [0.2, 0.25) is 0 Å². The molecule has 0 spiro atoms. The van der Waals surface area contributed by atoms with Gasteiger partial charge in [0.05, 0.1) is 24.5 Å². The Bertz CT molecular complexity index is 1210. The van der Waals surface area contributed by atoms with E-state index in [0.29, 0.717) is 6.42 Å². The number of allylic oxidation sites excluding steroid dienone is 1. The molecular weight excluding hydrogens is 396 g/mol. The molecule has 3 aromatic carbocycles. The molecule has 0 aromatic heterocycles. The average molecular weight is 425 g/mol. The molecule has 2 atom stereocenters. The van der Waals surface area contributed by atoms with Gasteiger partial charge in [0, 0.05) is 17.7 Å². The standard InChI is InChI=1S/C28H28N2O2/c1-17-8-9-18(2)22(14-17)28-27-25(29-23-6-4-5-7-24(23)30-28)15-20(16-26(27)31)19-10-12-21(32-3)13-11-19/h4-14,20,28-30H,15-16H2,1-3H3/t20-,28+/m1/s1. The van der Waals surface area contributed by atoms with Gasteiger partial charge in [-0.25, -0.2) is 0 Å². The van der Waals surface area contributed by atoms with E-state index >= 15 is 0 Å². The van der Waals surface area contributed by atoms with Gasteiger partial charge in [0.15, 0.2) is 5.78 Å². The minimum absolute atomic E-state index is 0.143. The molecule has 2 aliphatic rings. The van der Waals surface area contributed by atoms with Crippen molar-refractivity contribution in [2.45, 2.75) is 38.6 Å². The second kappa shape index (κ2) is 8.19. The number of hydrogen-bond acceptors (Lipinski definition) is 4. The Hall–Kier alpha value is -3.53. The summed E-state index contributed by atoms with van der Waals surface area (Å²) in [7, 11) is 1.67. The van der Waals surface area contributed by atoms with Crippen LogP contribution in [0.25, 0.3) is 0 Å². The van der Waals surface area contributed by atoms with Crippen LogP contribution in [-0.4, -0.2) is 12.9 Å². The Kier molecular flexibility index (Phi) is 5.22. The first-order valence-corrected chi connectivity index (χ1v) is 11.1. The van der Waals surface area contributed by atoms with Crippen molar-refractivity contribution in [1.29, 1.82) is 0 Å². The number of fused-ring (bicyclic) bond motifs is 1. The topological polar surface area (TPSA) is 50.4 Å². The molecule has 1 aliphatic heterocycles. The summed E-state index contributed by atoms with van der Waals surface area (Å²) in [6.07, 6.45) is 1.30. The maximum Gasteiger partial charge on any atom is 0.163 e. The fourth-order valence-electron chi connectivity index (χ4n) is 4.91. The lowest BCUT2D eigenvalue weighted by Crippen LogP contribution is -2.27. The van der Waals surface area contributed by atoms with Crippen molar-refractivity contribution in [3.8, 4) is 5.75 Å². The van der Waals surface area contributed by atoms with Gasteiger partial charge in [0.1, 0.15) is 5.75 Å². The fourth-order valence-corrected chi connectivity index (χ4v) is 4.91. The number of carbonyl (C=O) groups is 1. The van der Waals surface area contributed by atoms with E-state index in [0.717, 1.165) is 40.4 Å². The van der Waals surface area contributed by atoms with Crippen LogP contribution in [0.4, 0.5) is 11.4 Å². The quantitative estimate of drug-likeness (QED) is 0.519. The van der Waals surface area contributed by atoms with Crippen LogP contribution in [0.2, 0.25) is 0 Å². The van der Waals surface area contributed by atoms with Gasteiger partial charge in [-0.15, -0.1) is 0 Å². The Balaban J connectivity index is 1.61. The van der Waals surface area contributed by atoms with Gasteiger partial charge in [-0.3, -0.25) is 4.79 Å². The van der Waals surface area contributed by atoms with Crippen LogP contribution in [0.5, 0.6) is 5.75 Å². The van der Waals surface area contributed by atoms with E-state index in [-0.39, 0.29) is 17.7 Å². The lowest BCUT2D eigenvalue weighted by molar-refractivity contribution is -0.116. The number of para-hydroxylation sites is 2. The Morgan fingerprint density at radius 1 is 0.906 bits per heavy atom. The molecular formula is C28H28N2O2. The summed E-state index contributed by atoms with van der Waals surface area (Å²) in [5.74, 6) is 1.17. The molecule has 0 fully saturated rings. The highest BCUT2D eigenvalue weighted by atomic mass is 16.5. The molecule has 3 aromatic rings. The van der Waals surface area contributed by atoms with Gasteiger partial charge in [-0.1, -0.05) is 48.0 Å². The SMILES string of the molecule is COc1ccc([C@H]2CC(=O)C3=C(C2)Nc2ccccc2N[C@H]3c2cc(C)ccc2C)cc1. The van der Waals surface area contributed by atoms with Gasteiger partial charge >= 0.3 is 0 Å². The molecule has 162 valence electrons. The molecule has 0 saturated heterocycles. The smallest absolute Gasteiger partial charge is 0.163 e. The first-order valence-electron chi connectivity index (χ1n) is 11.1. The van der Waals surface area contributed by atoms with E-state index in [9.17, 15) is 4.79 Å². The van der Waals surface area contributed by atoms with E-state index in [2.05, 4.69) is 66.9 Å². The van der Waals surface area contributed by atoms with Crippen molar-refractivity contribution in [3.05, 3.63) is 100 Å². The van der Waals surface area contributed by atoms with Crippen molar-refractivity contribution in [3.63, 3.8) is 0 Å². The molecule has 1 heterocycles. The highest BCUT2D eigenvalue weighted by Gasteiger charge is 2.36. The Labute approximate surface area is 189 Å². The van der Waals surface area contributed by atoms with Crippen molar-refractivity contribution < 1.29 is 9.53 Å². The molecule has 0 unspecified atom stereocenters. The summed E-state index contributed by atoms with van der Waals surface area (Å²) in [5.41, 5.74) is 8.61. The summed E-state index contributed by atoms with van der Waals surface area (Å²) in [6, 6.07) is 22.6. The minimum atomic E-state index is -0.176. The van der Waals surface area contributed by atoms with E-state index in [1.165, 1.54) is 16.7 Å². The number of carbonyl (C=O) groups excluding carboxylic acids is 1. The molecule has 5 rings (SSSR count). The van der Waals surface area contributed by atoms with Crippen LogP contribution in [0.15, 0.2) is 78.0 Å². The normalized spacial score (nSPS) is 19.9. The van der Waals surface area contributed by atoms with Crippen LogP contribution in [0, 0.1) is 13.8 Å². The van der Waals surface area contributed by atoms with E-state index < -0.39 is 0 Å². The van der Waals surface area contributed by atoms with Crippen molar-refractivity contribution in [1.82, 2.24) is 0 Å². The second-order valence-corrected chi connectivity index (χ2v) is 8.80. The number of ketones is 1. The van der Waals surface area contributed by atoms with Crippen molar-refractivity contribution >= 4 is 17.2 Å². The summed E-state index contributed by atoms with van der Waals surface area (Å²) in [6.45, 7) is 4.22. The fraction of sp³-hybridized carbons (Fsp3) is 0.250. The number of benzene rings is 3. The lowest BCUT2D eigenvalue weighted by Gasteiger charge is -2.30. The number of rotatable bonds is 3. The zero-order valence-electron chi connectivity index (χ0n) is 18.7. The molecule has 32 heavy (non-hydrogen) atoms. The molecule has 0 radical (unpaired) electrons. The van der Waals surface area contributed by atoms with Crippen LogP contribution >= 0.6 is 0 Å². The lowest BCUT2D eigenvalue weighted by atomic mass is 9.78. The third-order valence-corrected chi connectivity index (χ3v) is 6.64. The maximum atomic E-state index is 13.7. The van der Waals surface area contributed by atoms with Crippen molar-refractivity contribution in [2.24, 2.45) is 0 Å². The zero-order valence-corrected chi connectivity index (χ0v) is 18.7. The molecule has 0 bridgehead atoms. The summed E-state index contributed by atoms with van der Waals surface area (Å²) in [5, 5.41) is 7.30. The molecule has 4 heteroatoms. The summed E-state index contributed by atoms with van der Waals surface area (Å²) < 4.78 is 5.31. The van der Waals surface area contributed by atoms with E-state index in [1.807, 2.05) is 24.3 Å². The van der Waals surface area contributed by atoms with Gasteiger partial charge < -0.3 is 15.4 Å². The van der Waals surface area contributed by atoms with Gasteiger partial charge in [-0.2, -0.15) is 0 Å². The Morgan fingerprint density at radius 2 is 1.66 bits per heavy atom. The second-order valence-electron chi connectivity index (χ2n) is 8.80. The maximum absolute atomic E-state index is 13.7. The molecule has 0 amide bonds.